The summed E-state index contributed by atoms with van der Waals surface area (Å²) < 4.78 is 0. The Bertz CT molecular complexity index is 1010. The number of rotatable bonds is 3. The Balaban J connectivity index is 1.57. The van der Waals surface area contributed by atoms with Crippen molar-refractivity contribution in [1.29, 1.82) is 0 Å². The van der Waals surface area contributed by atoms with Crippen LogP contribution in [-0.2, 0) is 6.42 Å². The number of piperazine rings is 1. The first-order chi connectivity index (χ1) is 13.7. The molecule has 2 aliphatic rings. The lowest BCUT2D eigenvalue weighted by atomic mass is 10.0. The Hall–Kier alpha value is -2.43. The lowest BCUT2D eigenvalue weighted by Gasteiger charge is -2.35. The van der Waals surface area contributed by atoms with Crippen molar-refractivity contribution < 1.29 is 5.11 Å². The highest BCUT2D eigenvalue weighted by atomic mass is 16.3. The predicted molar refractivity (Wildman–Crippen MR) is 115 cm³/mol. The van der Waals surface area contributed by atoms with E-state index < -0.39 is 0 Å². The van der Waals surface area contributed by atoms with E-state index in [1.165, 1.54) is 16.3 Å². The van der Waals surface area contributed by atoms with Crippen molar-refractivity contribution in [3.63, 3.8) is 0 Å². The molecule has 28 heavy (non-hydrogen) atoms. The number of hydrogen-bond donors (Lipinski definition) is 1. The molecule has 1 N–H and O–H groups in total. The van der Waals surface area contributed by atoms with Gasteiger partial charge in [0.2, 0.25) is 0 Å². The molecule has 144 valence electrons. The van der Waals surface area contributed by atoms with Crippen LogP contribution in [0.1, 0.15) is 30.6 Å². The van der Waals surface area contributed by atoms with Crippen LogP contribution >= 0.6 is 0 Å². The molecule has 1 aromatic heterocycles. The molecular weight excluding hydrogens is 346 g/mol. The fourth-order valence-corrected chi connectivity index (χ4v) is 4.60. The molecule has 3 aromatic rings. The number of aryl methyl sites for hydroxylation is 1. The van der Waals surface area contributed by atoms with E-state index in [9.17, 15) is 5.11 Å². The van der Waals surface area contributed by atoms with Crippen LogP contribution in [0.5, 0.6) is 0 Å². The fourth-order valence-electron chi connectivity index (χ4n) is 4.60. The largest absolute Gasteiger partial charge is 0.388 e. The monoisotopic (exact) mass is 373 g/mol. The van der Waals surface area contributed by atoms with E-state index in [-0.39, 0.29) is 6.10 Å². The molecule has 1 atom stereocenters. The van der Waals surface area contributed by atoms with E-state index in [1.54, 1.807) is 0 Å². The van der Waals surface area contributed by atoms with Crippen LogP contribution in [0.2, 0.25) is 0 Å². The van der Waals surface area contributed by atoms with Crippen molar-refractivity contribution in [2.45, 2.75) is 25.9 Å². The van der Waals surface area contributed by atoms with Crippen LogP contribution in [0.15, 0.2) is 48.5 Å². The third-order valence-corrected chi connectivity index (χ3v) is 6.32. The summed E-state index contributed by atoms with van der Waals surface area (Å²) >= 11 is 0. The molecular formula is C24H27N3O. The third kappa shape index (κ3) is 3.07. The van der Waals surface area contributed by atoms with Gasteiger partial charge in [-0.05, 0) is 48.0 Å². The standard InChI is InChI=1S/C24H27N3O/c1-2-26-11-13-27(14-12-26)24-21-6-4-3-5-17(21)16-22(25-24)19-7-9-20-18(15-19)8-10-23(20)28/h3-7,9,15-16,23,28H,2,8,10-14H2,1H3. The Morgan fingerprint density at radius 2 is 1.86 bits per heavy atom. The Morgan fingerprint density at radius 1 is 1.04 bits per heavy atom. The normalized spacial score (nSPS) is 19.9. The second-order valence-corrected chi connectivity index (χ2v) is 7.94. The lowest BCUT2D eigenvalue weighted by Crippen LogP contribution is -2.46. The van der Waals surface area contributed by atoms with Crippen LogP contribution in [0, 0.1) is 0 Å². The van der Waals surface area contributed by atoms with Gasteiger partial charge in [0.1, 0.15) is 5.82 Å². The molecule has 4 nitrogen and oxygen atoms in total. The van der Waals surface area contributed by atoms with Gasteiger partial charge < -0.3 is 14.9 Å². The molecule has 1 saturated heterocycles. The number of aliphatic hydroxyl groups is 1. The van der Waals surface area contributed by atoms with E-state index in [2.05, 4.69) is 65.3 Å². The maximum Gasteiger partial charge on any atom is 0.137 e. The Morgan fingerprint density at radius 3 is 2.68 bits per heavy atom. The number of fused-ring (bicyclic) bond motifs is 2. The molecule has 2 heterocycles. The van der Waals surface area contributed by atoms with Gasteiger partial charge in [0.25, 0.3) is 0 Å². The number of likely N-dealkylation sites (N-methyl/N-ethyl adjacent to an activating group) is 1. The summed E-state index contributed by atoms with van der Waals surface area (Å²) in [5.41, 5.74) is 4.52. The first-order valence-corrected chi connectivity index (χ1v) is 10.4. The van der Waals surface area contributed by atoms with Crippen LogP contribution in [-0.4, -0.2) is 47.7 Å². The maximum atomic E-state index is 10.1. The van der Waals surface area contributed by atoms with Crippen LogP contribution < -0.4 is 4.90 Å². The zero-order valence-corrected chi connectivity index (χ0v) is 16.4. The molecule has 1 aliphatic heterocycles. The molecule has 0 radical (unpaired) electrons. The second kappa shape index (κ2) is 7.19. The van der Waals surface area contributed by atoms with E-state index in [4.69, 9.17) is 4.98 Å². The summed E-state index contributed by atoms with van der Waals surface area (Å²) in [6, 6.07) is 17.2. The molecule has 1 aliphatic carbocycles. The van der Waals surface area contributed by atoms with Crippen molar-refractivity contribution in [3.8, 4) is 11.3 Å². The number of nitrogens with zero attached hydrogens (tertiary/aromatic N) is 3. The Kier molecular flexibility index (Phi) is 4.53. The fraction of sp³-hybridized carbons (Fsp3) is 0.375. The minimum atomic E-state index is -0.306. The summed E-state index contributed by atoms with van der Waals surface area (Å²) in [6.07, 6.45) is 1.47. The smallest absolute Gasteiger partial charge is 0.137 e. The maximum absolute atomic E-state index is 10.1. The first-order valence-electron chi connectivity index (χ1n) is 10.4. The second-order valence-electron chi connectivity index (χ2n) is 7.94. The zero-order valence-electron chi connectivity index (χ0n) is 16.4. The Labute approximate surface area is 166 Å². The van der Waals surface area contributed by atoms with Gasteiger partial charge >= 0.3 is 0 Å². The summed E-state index contributed by atoms with van der Waals surface area (Å²) in [4.78, 5) is 10.1. The minimum absolute atomic E-state index is 0.306. The van der Waals surface area contributed by atoms with Crippen molar-refractivity contribution in [1.82, 2.24) is 9.88 Å². The van der Waals surface area contributed by atoms with Crippen molar-refractivity contribution in [2.75, 3.05) is 37.6 Å². The zero-order chi connectivity index (χ0) is 19.1. The lowest BCUT2D eigenvalue weighted by molar-refractivity contribution is 0.180. The van der Waals surface area contributed by atoms with Gasteiger partial charge in [-0.1, -0.05) is 43.3 Å². The summed E-state index contributed by atoms with van der Waals surface area (Å²) in [5.74, 6) is 1.10. The molecule has 0 amide bonds. The quantitative estimate of drug-likeness (QED) is 0.753. The van der Waals surface area contributed by atoms with Gasteiger partial charge in [-0.2, -0.15) is 0 Å². The average Bonchev–Trinajstić information content (AvgIpc) is 3.13. The van der Waals surface area contributed by atoms with E-state index >= 15 is 0 Å². The summed E-state index contributed by atoms with van der Waals surface area (Å²) in [6.45, 7) is 7.56. The third-order valence-electron chi connectivity index (χ3n) is 6.32. The van der Waals surface area contributed by atoms with Crippen LogP contribution in [0.25, 0.3) is 22.0 Å². The first kappa shape index (κ1) is 17.7. The van der Waals surface area contributed by atoms with Crippen molar-refractivity contribution in [2.24, 2.45) is 0 Å². The highest BCUT2D eigenvalue weighted by Gasteiger charge is 2.22. The highest BCUT2D eigenvalue weighted by molar-refractivity contribution is 5.95. The van der Waals surface area contributed by atoms with Gasteiger partial charge in [-0.25, -0.2) is 4.98 Å². The van der Waals surface area contributed by atoms with Gasteiger partial charge in [0, 0.05) is 37.1 Å². The summed E-state index contributed by atoms with van der Waals surface area (Å²) in [5, 5.41) is 12.6. The molecule has 1 unspecified atom stereocenters. The number of anilines is 1. The summed E-state index contributed by atoms with van der Waals surface area (Å²) in [7, 11) is 0. The molecule has 5 rings (SSSR count). The van der Waals surface area contributed by atoms with E-state index in [0.717, 1.165) is 68.2 Å². The predicted octanol–water partition coefficient (Wildman–Crippen LogP) is 4.02. The number of aliphatic hydroxyl groups excluding tert-OH is 1. The number of aromatic nitrogens is 1. The molecule has 1 fully saturated rings. The van der Waals surface area contributed by atoms with E-state index in [1.807, 2.05) is 0 Å². The van der Waals surface area contributed by atoms with Gasteiger partial charge in [-0.15, -0.1) is 0 Å². The van der Waals surface area contributed by atoms with Gasteiger partial charge in [-0.3, -0.25) is 0 Å². The van der Waals surface area contributed by atoms with Crippen LogP contribution in [0.4, 0.5) is 5.82 Å². The average molecular weight is 374 g/mol. The van der Waals surface area contributed by atoms with Crippen molar-refractivity contribution in [3.05, 3.63) is 59.7 Å². The minimum Gasteiger partial charge on any atom is -0.388 e. The molecule has 0 saturated carbocycles. The molecule has 4 heteroatoms. The number of hydrogen-bond acceptors (Lipinski definition) is 4. The molecule has 2 aromatic carbocycles. The number of benzene rings is 2. The molecule has 0 bridgehead atoms. The topological polar surface area (TPSA) is 39.6 Å². The van der Waals surface area contributed by atoms with Gasteiger partial charge in [0.15, 0.2) is 0 Å². The van der Waals surface area contributed by atoms with Crippen LogP contribution in [0.3, 0.4) is 0 Å². The number of pyridine rings is 1. The van der Waals surface area contributed by atoms with Gasteiger partial charge in [0.05, 0.1) is 11.8 Å². The molecule has 0 spiro atoms. The van der Waals surface area contributed by atoms with Crippen molar-refractivity contribution >= 4 is 16.6 Å². The highest BCUT2D eigenvalue weighted by Crippen LogP contribution is 2.35. The SMILES string of the molecule is CCN1CCN(c2nc(-c3ccc4c(c3)CCC4O)cc3ccccc23)CC1. The van der Waals surface area contributed by atoms with E-state index in [0.29, 0.717) is 0 Å².